The number of hydrogen-bond donors (Lipinski definition) is 1. The van der Waals surface area contributed by atoms with Gasteiger partial charge in [-0.05, 0) is 38.5 Å². The molecule has 10 heteroatoms. The van der Waals surface area contributed by atoms with E-state index in [1.54, 1.807) is 0 Å². The van der Waals surface area contributed by atoms with Crippen LogP contribution in [-0.4, -0.2) is 74.9 Å². The van der Waals surface area contributed by atoms with Crippen LogP contribution < -0.4 is 0 Å². The highest BCUT2D eigenvalue weighted by atomic mass is 31.2. The molecule has 1 unspecified atom stereocenters. The lowest BCUT2D eigenvalue weighted by Gasteiger charge is -2.24. The molecule has 2 atom stereocenters. The Bertz CT molecular complexity index is 954. The number of unbranched alkanes of at least 4 members (excludes halogenated alkanes) is 26. The van der Waals surface area contributed by atoms with Crippen molar-refractivity contribution in [1.82, 2.24) is 0 Å². The number of phosphoric ester groups is 1. The smallest absolute Gasteiger partial charge is 0.462 e. The highest BCUT2D eigenvalue weighted by molar-refractivity contribution is 7.47. The van der Waals surface area contributed by atoms with Gasteiger partial charge in [0.25, 0.3) is 0 Å². The molecule has 0 bridgehead atoms. The van der Waals surface area contributed by atoms with Crippen LogP contribution >= 0.6 is 7.82 Å². The van der Waals surface area contributed by atoms with Crippen molar-refractivity contribution in [1.29, 1.82) is 0 Å². The Morgan fingerprint density at radius 3 is 1.36 bits per heavy atom. The Morgan fingerprint density at radius 2 is 0.927 bits per heavy atom. The third-order valence-corrected chi connectivity index (χ3v) is 11.0. The van der Waals surface area contributed by atoms with Gasteiger partial charge in [-0.3, -0.25) is 18.6 Å². The van der Waals surface area contributed by atoms with Crippen LogP contribution in [-0.2, 0) is 32.7 Å². The fourth-order valence-electron chi connectivity index (χ4n) is 6.42. The van der Waals surface area contributed by atoms with Crippen molar-refractivity contribution >= 4 is 19.8 Å². The van der Waals surface area contributed by atoms with Crippen LogP contribution in [0.4, 0.5) is 0 Å². The number of carbonyl (C=O) groups excluding carboxylic acids is 2. The molecular formula is C45H89NO8P+. The lowest BCUT2D eigenvalue weighted by Crippen LogP contribution is -2.37. The first kappa shape index (κ1) is 53.8. The number of ether oxygens (including phenoxy) is 2. The molecule has 0 aliphatic rings. The van der Waals surface area contributed by atoms with Gasteiger partial charge in [0.1, 0.15) is 19.8 Å². The number of hydrogen-bond acceptors (Lipinski definition) is 7. The lowest BCUT2D eigenvalue weighted by atomic mass is 10.0. The Hall–Kier alpha value is -1.25. The second-order valence-corrected chi connectivity index (χ2v) is 18.2. The van der Waals surface area contributed by atoms with E-state index >= 15 is 0 Å². The van der Waals surface area contributed by atoms with Gasteiger partial charge in [0.05, 0.1) is 27.7 Å². The third-order valence-electron chi connectivity index (χ3n) is 10.0. The molecule has 0 rings (SSSR count). The standard InChI is InChI=1S/C45H88NO8P/c1-6-8-10-12-14-16-18-20-22-24-26-28-30-32-34-36-38-45(48)54-43(42-53-55(49,50)52-40-39-46(3,4)5)41-51-44(47)37-35-33-31-29-27-25-23-21-19-17-15-13-11-9-7-2/h17,19,43H,6-16,18,20-42H2,1-5H3/p+1/b19-17+/t43-/m1/s1. The average Bonchev–Trinajstić information content (AvgIpc) is 3.13. The quantitative estimate of drug-likeness (QED) is 0.0214. The Morgan fingerprint density at radius 1 is 0.545 bits per heavy atom. The summed E-state index contributed by atoms with van der Waals surface area (Å²) in [6.45, 7) is 4.43. The summed E-state index contributed by atoms with van der Waals surface area (Å²) in [6.07, 6.45) is 39.6. The van der Waals surface area contributed by atoms with Gasteiger partial charge < -0.3 is 18.9 Å². The molecule has 9 nitrogen and oxygen atoms in total. The number of quaternary nitrogens is 1. The zero-order valence-corrected chi connectivity index (χ0v) is 37.6. The fourth-order valence-corrected chi connectivity index (χ4v) is 7.16. The summed E-state index contributed by atoms with van der Waals surface area (Å²) in [4.78, 5) is 35.4. The molecule has 326 valence electrons. The number of nitrogens with zero attached hydrogens (tertiary/aromatic N) is 1. The van der Waals surface area contributed by atoms with Crippen LogP contribution in [0, 0.1) is 0 Å². The zero-order chi connectivity index (χ0) is 40.7. The summed E-state index contributed by atoms with van der Waals surface area (Å²) in [5, 5.41) is 0. The monoisotopic (exact) mass is 803 g/mol. The lowest BCUT2D eigenvalue weighted by molar-refractivity contribution is -0.870. The number of allylic oxidation sites excluding steroid dienone is 2. The van der Waals surface area contributed by atoms with Crippen molar-refractivity contribution in [3.05, 3.63) is 12.2 Å². The number of phosphoric acid groups is 1. The molecule has 0 heterocycles. The fraction of sp³-hybridized carbons (Fsp3) is 0.911. The first-order valence-corrected chi connectivity index (χ1v) is 24.4. The van der Waals surface area contributed by atoms with E-state index < -0.39 is 26.5 Å². The Balaban J connectivity index is 4.31. The van der Waals surface area contributed by atoms with Gasteiger partial charge in [0.2, 0.25) is 0 Å². The van der Waals surface area contributed by atoms with E-state index in [0.717, 1.165) is 32.1 Å². The Kier molecular flexibility index (Phi) is 37.4. The van der Waals surface area contributed by atoms with Gasteiger partial charge in [-0.1, -0.05) is 174 Å². The van der Waals surface area contributed by atoms with E-state index in [4.69, 9.17) is 18.5 Å². The molecule has 0 aromatic carbocycles. The second-order valence-electron chi connectivity index (χ2n) is 16.8. The predicted octanol–water partition coefficient (Wildman–Crippen LogP) is 13.0. The maximum atomic E-state index is 12.7. The van der Waals surface area contributed by atoms with Gasteiger partial charge in [0.15, 0.2) is 6.10 Å². The van der Waals surface area contributed by atoms with E-state index in [0.29, 0.717) is 17.4 Å². The van der Waals surface area contributed by atoms with Crippen molar-refractivity contribution < 1.29 is 42.1 Å². The second kappa shape index (κ2) is 38.3. The molecule has 0 saturated carbocycles. The molecule has 1 N–H and O–H groups in total. The first-order valence-electron chi connectivity index (χ1n) is 22.9. The Labute approximate surface area is 339 Å². The van der Waals surface area contributed by atoms with E-state index in [1.165, 1.54) is 148 Å². The van der Waals surface area contributed by atoms with Gasteiger partial charge >= 0.3 is 19.8 Å². The molecule has 0 aliphatic heterocycles. The van der Waals surface area contributed by atoms with Crippen LogP contribution in [0.5, 0.6) is 0 Å². The van der Waals surface area contributed by atoms with E-state index in [-0.39, 0.29) is 32.0 Å². The van der Waals surface area contributed by atoms with Gasteiger partial charge in [-0.15, -0.1) is 0 Å². The molecule has 0 fully saturated rings. The normalized spacial score (nSPS) is 13.6. The van der Waals surface area contributed by atoms with Crippen molar-refractivity contribution in [3.8, 4) is 0 Å². The minimum atomic E-state index is -4.37. The number of esters is 2. The molecule has 0 saturated heterocycles. The molecular weight excluding hydrogens is 713 g/mol. The van der Waals surface area contributed by atoms with E-state index in [2.05, 4.69) is 26.0 Å². The maximum absolute atomic E-state index is 12.7. The van der Waals surface area contributed by atoms with Crippen LogP contribution in [0.1, 0.15) is 213 Å². The average molecular weight is 803 g/mol. The van der Waals surface area contributed by atoms with Crippen molar-refractivity contribution in [2.24, 2.45) is 0 Å². The largest absolute Gasteiger partial charge is 0.472 e. The summed E-state index contributed by atoms with van der Waals surface area (Å²) in [5.41, 5.74) is 0. The SMILES string of the molecule is CCCCCC/C=C/CCCCCCCCCC(=O)OC[C@H](COP(=O)(O)OCC[N+](C)(C)C)OC(=O)CCCCCCCCCCCCCCCCCC. The summed E-state index contributed by atoms with van der Waals surface area (Å²) in [6, 6.07) is 0. The van der Waals surface area contributed by atoms with Crippen LogP contribution in [0.15, 0.2) is 12.2 Å². The number of carbonyl (C=O) groups is 2. The minimum Gasteiger partial charge on any atom is -0.462 e. The molecule has 0 aliphatic carbocycles. The topological polar surface area (TPSA) is 108 Å². The van der Waals surface area contributed by atoms with Crippen LogP contribution in [0.3, 0.4) is 0 Å². The summed E-state index contributed by atoms with van der Waals surface area (Å²) >= 11 is 0. The maximum Gasteiger partial charge on any atom is 0.472 e. The summed E-state index contributed by atoms with van der Waals surface area (Å²) in [5.74, 6) is -0.793. The molecule has 0 aromatic rings. The van der Waals surface area contributed by atoms with E-state index in [1.807, 2.05) is 21.1 Å². The molecule has 0 spiro atoms. The van der Waals surface area contributed by atoms with Crippen molar-refractivity contribution in [3.63, 3.8) is 0 Å². The third kappa shape index (κ3) is 42.2. The predicted molar refractivity (Wildman–Crippen MR) is 229 cm³/mol. The first-order chi connectivity index (χ1) is 26.5. The summed E-state index contributed by atoms with van der Waals surface area (Å²) in [7, 11) is 1.48. The van der Waals surface area contributed by atoms with Crippen LogP contribution in [0.25, 0.3) is 0 Å². The van der Waals surface area contributed by atoms with Crippen molar-refractivity contribution in [2.45, 2.75) is 219 Å². The highest BCUT2D eigenvalue weighted by Gasteiger charge is 2.27. The molecule has 55 heavy (non-hydrogen) atoms. The molecule has 0 aromatic heterocycles. The van der Waals surface area contributed by atoms with Gasteiger partial charge in [-0.2, -0.15) is 0 Å². The zero-order valence-electron chi connectivity index (χ0n) is 36.7. The van der Waals surface area contributed by atoms with Crippen LogP contribution in [0.2, 0.25) is 0 Å². The minimum absolute atomic E-state index is 0.0343. The molecule has 0 radical (unpaired) electrons. The highest BCUT2D eigenvalue weighted by Crippen LogP contribution is 2.43. The number of likely N-dealkylation sites (N-methyl/N-ethyl adjacent to an activating group) is 1. The van der Waals surface area contributed by atoms with Crippen molar-refractivity contribution in [2.75, 3.05) is 47.5 Å². The van der Waals surface area contributed by atoms with Gasteiger partial charge in [0, 0.05) is 12.8 Å². The molecule has 0 amide bonds. The van der Waals surface area contributed by atoms with E-state index in [9.17, 15) is 19.0 Å². The summed E-state index contributed by atoms with van der Waals surface area (Å²) < 4.78 is 34.3. The van der Waals surface area contributed by atoms with Gasteiger partial charge in [-0.25, -0.2) is 4.57 Å². The number of rotatable bonds is 42.